The summed E-state index contributed by atoms with van der Waals surface area (Å²) < 4.78 is 4.50. The fourth-order valence-corrected chi connectivity index (χ4v) is 2.37. The minimum atomic E-state index is 0.687. The van der Waals surface area contributed by atoms with E-state index in [0.29, 0.717) is 11.3 Å². The van der Waals surface area contributed by atoms with E-state index in [1.165, 1.54) is 0 Å². The zero-order valence-corrected chi connectivity index (χ0v) is 11.0. The van der Waals surface area contributed by atoms with E-state index in [-0.39, 0.29) is 0 Å². The molecule has 0 unspecified atom stereocenters. The lowest BCUT2D eigenvalue weighted by atomic mass is 10.2. The molecule has 5 nitrogen and oxygen atoms in total. The summed E-state index contributed by atoms with van der Waals surface area (Å²) >= 11 is 5.34. The lowest BCUT2D eigenvalue weighted by molar-refractivity contribution is 0.755. The van der Waals surface area contributed by atoms with Crippen LogP contribution in [0.4, 0.5) is 0 Å². The third-order valence-corrected chi connectivity index (χ3v) is 3.30. The molecular formula is C12H13N5S. The van der Waals surface area contributed by atoms with Crippen molar-refractivity contribution in [1.29, 1.82) is 0 Å². The topological polar surface area (TPSA) is 51.4 Å². The maximum absolute atomic E-state index is 5.34. The van der Waals surface area contributed by atoms with Crippen LogP contribution in [-0.2, 0) is 13.6 Å². The van der Waals surface area contributed by atoms with Crippen LogP contribution in [0.5, 0.6) is 0 Å². The van der Waals surface area contributed by atoms with E-state index >= 15 is 0 Å². The first-order valence-corrected chi connectivity index (χ1v) is 6.08. The highest BCUT2D eigenvalue weighted by molar-refractivity contribution is 7.71. The van der Waals surface area contributed by atoms with Gasteiger partial charge in [-0.25, -0.2) is 4.98 Å². The summed E-state index contributed by atoms with van der Waals surface area (Å²) in [6.45, 7) is 2.69. The largest absolute Gasteiger partial charge is 0.329 e. The van der Waals surface area contributed by atoms with Gasteiger partial charge in [0, 0.05) is 25.0 Å². The van der Waals surface area contributed by atoms with Gasteiger partial charge in [0.05, 0.1) is 17.8 Å². The van der Waals surface area contributed by atoms with Crippen LogP contribution >= 0.6 is 12.2 Å². The Balaban J connectivity index is 2.12. The van der Waals surface area contributed by atoms with Crippen molar-refractivity contribution in [2.75, 3.05) is 0 Å². The minimum absolute atomic E-state index is 0.687. The normalized spacial score (nSPS) is 11.2. The minimum Gasteiger partial charge on any atom is -0.329 e. The first kappa shape index (κ1) is 11.2. The summed E-state index contributed by atoms with van der Waals surface area (Å²) in [5.74, 6) is 0. The van der Waals surface area contributed by atoms with E-state index in [1.54, 1.807) is 6.20 Å². The van der Waals surface area contributed by atoms with Crippen LogP contribution < -0.4 is 0 Å². The first-order valence-electron chi connectivity index (χ1n) is 5.68. The first-order chi connectivity index (χ1) is 8.65. The molecule has 0 fully saturated rings. The summed E-state index contributed by atoms with van der Waals surface area (Å²) in [6, 6.07) is 3.87. The number of hydrogen-bond acceptors (Lipinski definition) is 3. The SMILES string of the molecule is Cc1nn(C)cc1Cn1c(=S)[nH]c2cccnc21. The molecule has 3 rings (SSSR count). The summed E-state index contributed by atoms with van der Waals surface area (Å²) in [4.78, 5) is 7.53. The average molecular weight is 259 g/mol. The average Bonchev–Trinajstić information content (AvgIpc) is 2.81. The number of H-pyrrole nitrogens is 1. The molecule has 18 heavy (non-hydrogen) atoms. The van der Waals surface area contributed by atoms with E-state index in [1.807, 2.05) is 41.5 Å². The van der Waals surface area contributed by atoms with Gasteiger partial charge in [-0.2, -0.15) is 5.10 Å². The van der Waals surface area contributed by atoms with Gasteiger partial charge in [0.15, 0.2) is 10.4 Å². The molecule has 0 aliphatic rings. The Kier molecular flexibility index (Phi) is 2.52. The van der Waals surface area contributed by atoms with E-state index in [9.17, 15) is 0 Å². The Morgan fingerprint density at radius 1 is 1.44 bits per heavy atom. The Morgan fingerprint density at radius 2 is 2.28 bits per heavy atom. The van der Waals surface area contributed by atoms with Crippen molar-refractivity contribution < 1.29 is 0 Å². The van der Waals surface area contributed by atoms with Crippen LogP contribution in [0.1, 0.15) is 11.3 Å². The molecule has 0 saturated carbocycles. The monoisotopic (exact) mass is 259 g/mol. The Labute approximate surface area is 109 Å². The summed E-state index contributed by atoms with van der Waals surface area (Å²) in [7, 11) is 1.92. The second-order valence-electron chi connectivity index (χ2n) is 4.30. The van der Waals surface area contributed by atoms with Crippen molar-refractivity contribution in [3.8, 4) is 0 Å². The molecule has 0 spiro atoms. The molecular weight excluding hydrogens is 246 g/mol. The fourth-order valence-electron chi connectivity index (χ4n) is 2.11. The molecule has 92 valence electrons. The van der Waals surface area contributed by atoms with Crippen LogP contribution in [0.25, 0.3) is 11.2 Å². The van der Waals surface area contributed by atoms with Gasteiger partial charge >= 0.3 is 0 Å². The summed E-state index contributed by atoms with van der Waals surface area (Å²) in [6.07, 6.45) is 3.79. The van der Waals surface area contributed by atoms with Gasteiger partial charge in [-0.1, -0.05) is 0 Å². The van der Waals surface area contributed by atoms with E-state index in [0.717, 1.165) is 22.4 Å². The number of imidazole rings is 1. The molecule has 6 heteroatoms. The van der Waals surface area contributed by atoms with E-state index < -0.39 is 0 Å². The molecule has 0 bridgehead atoms. The lowest BCUT2D eigenvalue weighted by Gasteiger charge is -2.02. The number of aromatic nitrogens is 5. The highest BCUT2D eigenvalue weighted by atomic mass is 32.1. The molecule has 0 aromatic carbocycles. The van der Waals surface area contributed by atoms with Gasteiger partial charge in [0.2, 0.25) is 0 Å². The van der Waals surface area contributed by atoms with Crippen molar-refractivity contribution in [3.05, 3.63) is 40.6 Å². The number of fused-ring (bicyclic) bond motifs is 1. The highest BCUT2D eigenvalue weighted by Gasteiger charge is 2.09. The molecule has 0 radical (unpaired) electrons. The highest BCUT2D eigenvalue weighted by Crippen LogP contribution is 2.14. The number of rotatable bonds is 2. The lowest BCUT2D eigenvalue weighted by Crippen LogP contribution is -2.01. The number of aromatic amines is 1. The van der Waals surface area contributed by atoms with Gasteiger partial charge in [-0.15, -0.1) is 0 Å². The molecule has 1 N–H and O–H groups in total. The summed E-state index contributed by atoms with van der Waals surface area (Å²) in [5, 5.41) is 4.34. The molecule has 0 aliphatic carbocycles. The fraction of sp³-hybridized carbons (Fsp3) is 0.250. The Bertz CT molecular complexity index is 764. The predicted molar refractivity (Wildman–Crippen MR) is 72.0 cm³/mol. The molecule has 0 atom stereocenters. The van der Waals surface area contributed by atoms with Crippen LogP contribution in [0.2, 0.25) is 0 Å². The van der Waals surface area contributed by atoms with Crippen molar-refractivity contribution in [2.45, 2.75) is 13.5 Å². The zero-order valence-electron chi connectivity index (χ0n) is 10.2. The smallest absolute Gasteiger partial charge is 0.179 e. The van der Waals surface area contributed by atoms with Crippen molar-refractivity contribution >= 4 is 23.4 Å². The van der Waals surface area contributed by atoms with Crippen molar-refractivity contribution in [1.82, 2.24) is 24.3 Å². The third kappa shape index (κ3) is 1.74. The van der Waals surface area contributed by atoms with Crippen LogP contribution in [0, 0.1) is 11.7 Å². The second kappa shape index (κ2) is 4.06. The molecule has 0 amide bonds. The Morgan fingerprint density at radius 3 is 3.00 bits per heavy atom. The molecule has 3 aromatic heterocycles. The molecule has 3 heterocycles. The Hall–Kier alpha value is -1.95. The van der Waals surface area contributed by atoms with Gasteiger partial charge in [0.25, 0.3) is 0 Å². The molecule has 0 aliphatic heterocycles. The van der Waals surface area contributed by atoms with Crippen LogP contribution in [0.3, 0.4) is 0 Å². The second-order valence-corrected chi connectivity index (χ2v) is 4.69. The quantitative estimate of drug-likeness (QED) is 0.718. The van der Waals surface area contributed by atoms with Gasteiger partial charge in [0.1, 0.15) is 0 Å². The number of nitrogens with zero attached hydrogens (tertiary/aromatic N) is 4. The van der Waals surface area contributed by atoms with Crippen molar-refractivity contribution in [3.63, 3.8) is 0 Å². The zero-order chi connectivity index (χ0) is 12.7. The number of pyridine rings is 1. The molecule has 0 saturated heterocycles. The predicted octanol–water partition coefficient (Wildman–Crippen LogP) is 2.18. The molecule has 3 aromatic rings. The maximum Gasteiger partial charge on any atom is 0.179 e. The van der Waals surface area contributed by atoms with Gasteiger partial charge in [-0.3, -0.25) is 9.25 Å². The van der Waals surface area contributed by atoms with E-state index in [4.69, 9.17) is 12.2 Å². The van der Waals surface area contributed by atoms with E-state index in [2.05, 4.69) is 15.1 Å². The number of nitrogens with one attached hydrogen (secondary N) is 1. The third-order valence-electron chi connectivity index (χ3n) is 2.97. The number of aryl methyl sites for hydroxylation is 2. The van der Waals surface area contributed by atoms with Gasteiger partial charge in [-0.05, 0) is 31.3 Å². The summed E-state index contributed by atoms with van der Waals surface area (Å²) in [5.41, 5.74) is 4.01. The number of hydrogen-bond donors (Lipinski definition) is 1. The van der Waals surface area contributed by atoms with Crippen molar-refractivity contribution in [2.24, 2.45) is 7.05 Å². The standard InChI is InChI=1S/C12H13N5S/c1-8-9(6-16(2)15-8)7-17-11-10(14-12(17)18)4-3-5-13-11/h3-6H,7H2,1-2H3,(H,14,18). The van der Waals surface area contributed by atoms with Crippen LogP contribution in [-0.4, -0.2) is 24.3 Å². The maximum atomic E-state index is 5.34. The van der Waals surface area contributed by atoms with Gasteiger partial charge < -0.3 is 4.98 Å². The van der Waals surface area contributed by atoms with Crippen LogP contribution in [0.15, 0.2) is 24.5 Å².